The van der Waals surface area contributed by atoms with E-state index in [9.17, 15) is 14.7 Å². The first-order chi connectivity index (χ1) is 29.0. The number of cyclic esters (lactones) is 1. The lowest BCUT2D eigenvalue weighted by Crippen LogP contribution is -2.60. The predicted molar refractivity (Wildman–Crippen MR) is 230 cm³/mol. The standard InChI is InChI=1S/C45H65N5O10S/c1-11-34-45(8)38-27(4)35(46-15-17-50(38)43(53)60-45)25(2)21-44(7)39(59-42-36(51)33(49(9)10)19-26(3)57-42)28(5)37(29(6)41(52)58-34)54-23-32(24-55-44)48-56-22-30-13-12-14-31(20-30)40-47-16-18-61-40/h12-14,16,18,20,25-29,33-34,36-39,42,51H,11,15,17,19,21-24H2,1-10H3/b48-32+/t25-,26+,27+,28+,29-,33-,34-,36+,37+,38-,39-,42-,44-,45-/m1/s1. The van der Waals surface area contributed by atoms with Crippen LogP contribution in [0.4, 0.5) is 4.79 Å². The molecule has 7 rings (SSSR count). The Bertz CT molecular complexity index is 1910. The molecule has 0 aliphatic carbocycles. The van der Waals surface area contributed by atoms with Crippen LogP contribution < -0.4 is 0 Å². The van der Waals surface area contributed by atoms with Gasteiger partial charge in [0, 0.05) is 47.3 Å². The zero-order valence-corrected chi connectivity index (χ0v) is 38.1. The van der Waals surface area contributed by atoms with E-state index in [4.69, 9.17) is 38.3 Å². The van der Waals surface area contributed by atoms with Crippen molar-refractivity contribution in [2.24, 2.45) is 33.8 Å². The number of carbonyl (C=O) groups is 2. The fraction of sp³-hybridized carbons (Fsp3) is 0.711. The quantitative estimate of drug-likeness (QED) is 0.245. The van der Waals surface area contributed by atoms with Gasteiger partial charge in [-0.2, -0.15) is 0 Å². The highest BCUT2D eigenvalue weighted by molar-refractivity contribution is 7.13. The summed E-state index contributed by atoms with van der Waals surface area (Å²) in [4.78, 5) is 47.5. The van der Waals surface area contributed by atoms with Crippen LogP contribution in [0.5, 0.6) is 0 Å². The Morgan fingerprint density at radius 2 is 1.89 bits per heavy atom. The minimum atomic E-state index is -1.14. The summed E-state index contributed by atoms with van der Waals surface area (Å²) in [6.07, 6.45) is -1.65. The summed E-state index contributed by atoms with van der Waals surface area (Å²) in [5.41, 5.74) is 1.09. The first-order valence-corrected chi connectivity index (χ1v) is 22.7. The van der Waals surface area contributed by atoms with Gasteiger partial charge in [0.15, 0.2) is 11.9 Å². The van der Waals surface area contributed by atoms with Gasteiger partial charge in [-0.3, -0.25) is 14.7 Å². The average Bonchev–Trinajstić information content (AvgIpc) is 3.81. The van der Waals surface area contributed by atoms with E-state index in [0.717, 1.165) is 21.8 Å². The molecule has 1 amide bonds. The van der Waals surface area contributed by atoms with Crippen molar-refractivity contribution in [3.63, 3.8) is 0 Å². The van der Waals surface area contributed by atoms with Crippen molar-refractivity contribution in [3.8, 4) is 10.6 Å². The van der Waals surface area contributed by atoms with Crippen molar-refractivity contribution in [2.75, 3.05) is 40.4 Å². The number of aliphatic hydroxyl groups excluding tert-OH is 1. The van der Waals surface area contributed by atoms with Crippen LogP contribution in [-0.4, -0.2) is 144 Å². The van der Waals surface area contributed by atoms with Crippen LogP contribution in [0.2, 0.25) is 0 Å². The number of fused-ring (bicyclic) bond motifs is 4. The summed E-state index contributed by atoms with van der Waals surface area (Å²) in [6, 6.07) is 7.34. The number of aliphatic hydroxyl groups is 1. The van der Waals surface area contributed by atoms with Crippen LogP contribution in [-0.2, 0) is 44.7 Å². The molecule has 6 heterocycles. The van der Waals surface area contributed by atoms with Crippen molar-refractivity contribution >= 4 is 34.8 Å². The number of amides is 1. The topological polar surface area (TPSA) is 163 Å². The van der Waals surface area contributed by atoms with Crippen molar-refractivity contribution in [1.29, 1.82) is 0 Å². The molecule has 4 fully saturated rings. The van der Waals surface area contributed by atoms with Gasteiger partial charge in [-0.15, -0.1) is 11.3 Å². The van der Waals surface area contributed by atoms with E-state index in [1.165, 1.54) is 0 Å². The fourth-order valence-electron chi connectivity index (χ4n) is 10.6. The molecule has 1 N–H and O–H groups in total. The van der Waals surface area contributed by atoms with Crippen LogP contribution in [0.15, 0.2) is 46.0 Å². The number of rotatable bonds is 8. The normalized spacial score (nSPS) is 39.4. The Morgan fingerprint density at radius 3 is 2.61 bits per heavy atom. The third-order valence-electron chi connectivity index (χ3n) is 13.6. The number of hydrogen-bond acceptors (Lipinski definition) is 15. The number of aliphatic imine (C=N–C) groups is 1. The lowest BCUT2D eigenvalue weighted by Gasteiger charge is -2.48. The number of likely N-dealkylation sites (N-methyl/N-ethyl adjacent to an activating group) is 1. The molecule has 0 saturated carbocycles. The summed E-state index contributed by atoms with van der Waals surface area (Å²) < 4.78 is 40.0. The van der Waals surface area contributed by atoms with Gasteiger partial charge in [-0.1, -0.05) is 51.0 Å². The molecule has 16 heteroatoms. The Morgan fingerprint density at radius 1 is 1.10 bits per heavy atom. The minimum Gasteiger partial charge on any atom is -0.458 e. The number of oxime groups is 1. The Hall–Kier alpha value is -3.51. The maximum absolute atomic E-state index is 14.6. The summed E-state index contributed by atoms with van der Waals surface area (Å²) in [7, 11) is 3.88. The second-order valence-corrected chi connectivity index (χ2v) is 19.2. The molecule has 0 spiro atoms. The monoisotopic (exact) mass is 867 g/mol. The third-order valence-corrected chi connectivity index (χ3v) is 14.4. The molecule has 15 nitrogen and oxygen atoms in total. The van der Waals surface area contributed by atoms with E-state index in [1.807, 2.05) is 83.3 Å². The van der Waals surface area contributed by atoms with E-state index in [-0.39, 0.29) is 43.8 Å². The molecule has 61 heavy (non-hydrogen) atoms. The number of nitrogens with zero attached hydrogens (tertiary/aromatic N) is 5. The SMILES string of the molecule is CC[C@H]1OC(=O)[C@H](C)[C@H]2OC/C(=N\OCc3cccc(-c4nccs4)c3)CO[C@](C)(C[C@@H](C)C3=NCCN4C(=O)O[C@@]1(C)[C@H]4[C@H]3C)[C@H](O[C@H]1O[C@@H](C)C[C@@H](N(C)C)[C@@H]1O)[C@H]2C. The molecule has 14 atom stereocenters. The Labute approximate surface area is 364 Å². The van der Waals surface area contributed by atoms with Crippen LogP contribution in [0.1, 0.15) is 80.2 Å². The van der Waals surface area contributed by atoms with Crippen LogP contribution in [0.25, 0.3) is 10.6 Å². The zero-order chi connectivity index (χ0) is 43.8. The number of carbonyl (C=O) groups excluding carboxylic acids is 2. The molecule has 4 saturated heterocycles. The van der Waals surface area contributed by atoms with E-state index in [0.29, 0.717) is 38.1 Å². The summed E-state index contributed by atoms with van der Waals surface area (Å²) in [5.74, 6) is -2.25. The van der Waals surface area contributed by atoms with Gasteiger partial charge in [-0.05, 0) is 78.6 Å². The smallest absolute Gasteiger partial charge is 0.410 e. The first-order valence-electron chi connectivity index (χ1n) is 21.9. The number of aromatic nitrogens is 1. The number of benzene rings is 1. The lowest BCUT2D eigenvalue weighted by molar-refractivity contribution is -0.302. The molecule has 336 valence electrons. The highest BCUT2D eigenvalue weighted by Crippen LogP contribution is 2.45. The predicted octanol–water partition coefficient (Wildman–Crippen LogP) is 5.97. The Kier molecular flexibility index (Phi) is 13.9. The minimum absolute atomic E-state index is 0.000260. The summed E-state index contributed by atoms with van der Waals surface area (Å²) in [5, 5.41) is 19.3. The average molecular weight is 868 g/mol. The van der Waals surface area contributed by atoms with Gasteiger partial charge in [0.2, 0.25) is 0 Å². The molecule has 1 aromatic carbocycles. The number of thiazole rings is 1. The van der Waals surface area contributed by atoms with E-state index in [2.05, 4.69) is 24.0 Å². The molecular formula is C45H65N5O10S. The van der Waals surface area contributed by atoms with Crippen LogP contribution >= 0.6 is 11.3 Å². The van der Waals surface area contributed by atoms with Crippen LogP contribution in [0.3, 0.4) is 0 Å². The molecule has 0 radical (unpaired) electrons. The zero-order valence-electron chi connectivity index (χ0n) is 37.3. The Balaban J connectivity index is 1.29. The van der Waals surface area contributed by atoms with E-state index in [1.54, 1.807) is 29.4 Å². The number of esters is 1. The number of ether oxygens (including phenoxy) is 6. The van der Waals surface area contributed by atoms with Crippen molar-refractivity contribution in [1.82, 2.24) is 14.8 Å². The number of hydrogen-bond donors (Lipinski definition) is 1. The highest BCUT2D eigenvalue weighted by atomic mass is 32.1. The summed E-state index contributed by atoms with van der Waals surface area (Å²) in [6.45, 7) is 16.8. The van der Waals surface area contributed by atoms with E-state index >= 15 is 0 Å². The molecule has 5 aliphatic heterocycles. The molecule has 4 bridgehead atoms. The second-order valence-electron chi connectivity index (χ2n) is 18.3. The van der Waals surface area contributed by atoms with Gasteiger partial charge in [0.25, 0.3) is 0 Å². The van der Waals surface area contributed by atoms with Gasteiger partial charge >= 0.3 is 12.1 Å². The van der Waals surface area contributed by atoms with Crippen molar-refractivity contribution < 1.29 is 48.0 Å². The molecule has 1 aromatic heterocycles. The highest BCUT2D eigenvalue weighted by Gasteiger charge is 2.60. The maximum atomic E-state index is 14.6. The van der Waals surface area contributed by atoms with Gasteiger partial charge in [0.1, 0.15) is 29.5 Å². The van der Waals surface area contributed by atoms with Crippen molar-refractivity contribution in [2.45, 2.75) is 141 Å². The molecular weight excluding hydrogens is 803 g/mol. The molecule has 5 aliphatic rings. The first kappa shape index (κ1) is 45.5. The van der Waals surface area contributed by atoms with Gasteiger partial charge in [-0.25, -0.2) is 9.78 Å². The van der Waals surface area contributed by atoms with Gasteiger partial charge in [0.05, 0.1) is 55.6 Å². The largest absolute Gasteiger partial charge is 0.458 e. The van der Waals surface area contributed by atoms with Crippen LogP contribution in [0, 0.1) is 23.7 Å². The second kappa shape index (κ2) is 18.7. The summed E-state index contributed by atoms with van der Waals surface area (Å²) >= 11 is 1.57. The van der Waals surface area contributed by atoms with E-state index < -0.39 is 71.8 Å². The van der Waals surface area contributed by atoms with Crippen molar-refractivity contribution in [3.05, 3.63) is 41.4 Å². The fourth-order valence-corrected chi connectivity index (χ4v) is 11.2. The third kappa shape index (κ3) is 9.27. The lowest BCUT2D eigenvalue weighted by atomic mass is 9.72. The molecule has 2 aromatic rings. The molecule has 0 unspecified atom stereocenters. The maximum Gasteiger partial charge on any atom is 0.410 e. The van der Waals surface area contributed by atoms with Gasteiger partial charge < -0.3 is 43.3 Å².